The van der Waals surface area contributed by atoms with E-state index in [-0.39, 0.29) is 12.0 Å². The van der Waals surface area contributed by atoms with Gasteiger partial charge in [0.25, 0.3) is 0 Å². The van der Waals surface area contributed by atoms with E-state index < -0.39 is 0 Å². The van der Waals surface area contributed by atoms with Crippen molar-refractivity contribution in [1.82, 2.24) is 0 Å². The molecule has 0 aliphatic rings. The third kappa shape index (κ3) is 2.47. The summed E-state index contributed by atoms with van der Waals surface area (Å²) in [4.78, 5) is 12.6. The van der Waals surface area contributed by atoms with Crippen LogP contribution in [0, 0.1) is 11.3 Å². The van der Waals surface area contributed by atoms with Gasteiger partial charge in [0.2, 0.25) is 0 Å². The number of rotatable bonds is 3. The molecule has 21 heavy (non-hydrogen) atoms. The summed E-state index contributed by atoms with van der Waals surface area (Å²) in [5.41, 5.74) is 1.34. The third-order valence-electron chi connectivity index (χ3n) is 3.24. The smallest absolute Gasteiger partial charge is 0.195 e. The lowest BCUT2D eigenvalue weighted by Crippen LogP contribution is -2.06. The van der Waals surface area contributed by atoms with E-state index in [9.17, 15) is 4.79 Å². The largest absolute Gasteiger partial charge is 0.395 e. The van der Waals surface area contributed by atoms with E-state index in [4.69, 9.17) is 10.4 Å². The van der Waals surface area contributed by atoms with Crippen molar-refractivity contribution >= 4 is 37.2 Å². The number of nitrogens with one attached hydrogen (secondary N) is 1. The van der Waals surface area contributed by atoms with Gasteiger partial charge in [-0.2, -0.15) is 5.26 Å². The van der Waals surface area contributed by atoms with Crippen LogP contribution in [-0.4, -0.2) is 18.3 Å². The monoisotopic (exact) mass is 296 g/mol. The van der Waals surface area contributed by atoms with Crippen molar-refractivity contribution in [1.29, 1.82) is 5.26 Å². The van der Waals surface area contributed by atoms with Gasteiger partial charge in [-0.05, 0) is 36.4 Å². The highest BCUT2D eigenvalue weighted by atomic mass is 32.1. The average molecular weight is 296 g/mol. The minimum atomic E-state index is -0.0316. The summed E-state index contributed by atoms with van der Waals surface area (Å²) in [5, 5.41) is 22.1. The van der Waals surface area contributed by atoms with Gasteiger partial charge in [-0.15, -0.1) is 11.3 Å². The van der Waals surface area contributed by atoms with E-state index in [1.807, 2.05) is 18.2 Å². The predicted octanol–water partition coefficient (Wildman–Crippen LogP) is 2.69. The van der Waals surface area contributed by atoms with Crippen molar-refractivity contribution < 1.29 is 5.11 Å². The Kier molecular flexibility index (Phi) is 3.57. The maximum atomic E-state index is 12.6. The molecule has 104 valence electrons. The van der Waals surface area contributed by atoms with Gasteiger partial charge in [0.05, 0.1) is 18.2 Å². The lowest BCUT2D eigenvalue weighted by molar-refractivity contribution is 0.311. The van der Waals surface area contributed by atoms with Crippen LogP contribution < -0.4 is 10.7 Å². The summed E-state index contributed by atoms with van der Waals surface area (Å²) in [6.45, 7) is 0.488. The first-order valence-electron chi connectivity index (χ1n) is 6.48. The van der Waals surface area contributed by atoms with Crippen LogP contribution in [0.1, 0.15) is 5.56 Å². The molecule has 1 aromatic heterocycles. The Morgan fingerprint density at radius 3 is 2.76 bits per heavy atom. The van der Waals surface area contributed by atoms with Gasteiger partial charge in [-0.1, -0.05) is 0 Å². The molecule has 0 unspecified atom stereocenters. The number of aliphatic hydroxyl groups excluding tert-OH is 1. The number of benzene rings is 2. The molecule has 0 amide bonds. The first-order valence-corrected chi connectivity index (χ1v) is 7.30. The second-order valence-corrected chi connectivity index (χ2v) is 5.70. The van der Waals surface area contributed by atoms with E-state index in [0.717, 1.165) is 15.1 Å². The van der Waals surface area contributed by atoms with Gasteiger partial charge in [-0.25, -0.2) is 0 Å². The van der Waals surface area contributed by atoms with Crippen molar-refractivity contribution in [3.8, 4) is 6.07 Å². The molecule has 0 fully saturated rings. The molecule has 0 spiro atoms. The molecule has 5 heteroatoms. The Bertz CT molecular complexity index is 925. The molecule has 0 aliphatic carbocycles. The number of nitrogens with zero attached hydrogens (tertiary/aromatic N) is 1. The van der Waals surface area contributed by atoms with Crippen LogP contribution in [0.3, 0.4) is 0 Å². The first kappa shape index (κ1) is 13.6. The minimum absolute atomic E-state index is 0.0316. The predicted molar refractivity (Wildman–Crippen MR) is 85.9 cm³/mol. The van der Waals surface area contributed by atoms with Crippen molar-refractivity contribution in [2.45, 2.75) is 0 Å². The summed E-state index contributed by atoms with van der Waals surface area (Å²) in [7, 11) is 0. The molecular formula is C16H12N2O2S. The fraction of sp³-hybridized carbons (Fsp3) is 0.125. The highest BCUT2D eigenvalue weighted by Gasteiger charge is 2.07. The Balaban J connectivity index is 2.24. The Morgan fingerprint density at radius 1 is 1.14 bits per heavy atom. The van der Waals surface area contributed by atoms with E-state index in [1.54, 1.807) is 18.2 Å². The van der Waals surface area contributed by atoms with Gasteiger partial charge in [0, 0.05) is 32.4 Å². The topological polar surface area (TPSA) is 73.1 Å². The van der Waals surface area contributed by atoms with Gasteiger partial charge >= 0.3 is 0 Å². The minimum Gasteiger partial charge on any atom is -0.395 e. The zero-order valence-electron chi connectivity index (χ0n) is 11.1. The summed E-state index contributed by atoms with van der Waals surface area (Å²) in [6.07, 6.45) is 0. The lowest BCUT2D eigenvalue weighted by Gasteiger charge is -2.06. The van der Waals surface area contributed by atoms with E-state index >= 15 is 0 Å². The molecule has 2 N–H and O–H groups in total. The molecule has 3 aromatic rings. The molecule has 1 heterocycles. The first-order chi connectivity index (χ1) is 10.2. The number of aliphatic hydroxyl groups is 1. The Hall–Kier alpha value is -2.42. The second kappa shape index (κ2) is 5.52. The number of fused-ring (bicyclic) bond motifs is 2. The lowest BCUT2D eigenvalue weighted by atomic mass is 10.1. The fourth-order valence-electron chi connectivity index (χ4n) is 2.23. The molecule has 0 radical (unpaired) electrons. The van der Waals surface area contributed by atoms with Gasteiger partial charge in [0.1, 0.15) is 0 Å². The highest BCUT2D eigenvalue weighted by Crippen LogP contribution is 2.27. The van der Waals surface area contributed by atoms with Crippen LogP contribution in [0.2, 0.25) is 0 Å². The zero-order chi connectivity index (χ0) is 14.8. The number of anilines is 1. The van der Waals surface area contributed by atoms with E-state index in [2.05, 4.69) is 11.4 Å². The summed E-state index contributed by atoms with van der Waals surface area (Å²) >= 11 is 1.50. The molecule has 0 aliphatic heterocycles. The molecule has 0 saturated heterocycles. The van der Waals surface area contributed by atoms with Crippen molar-refractivity contribution in [2.75, 3.05) is 18.5 Å². The maximum absolute atomic E-state index is 12.6. The standard InChI is InChI=1S/C16H12N2O2S/c17-9-10-1-3-12-15(7-10)21-14-4-2-11(18-5-6-19)8-13(14)16(12)20/h1-4,7-8,18-19H,5-6H2. The molecule has 0 atom stereocenters. The van der Waals surface area contributed by atoms with Gasteiger partial charge in [-0.3, -0.25) is 4.79 Å². The van der Waals surface area contributed by atoms with Crippen LogP contribution in [-0.2, 0) is 0 Å². The third-order valence-corrected chi connectivity index (χ3v) is 4.37. The van der Waals surface area contributed by atoms with Gasteiger partial charge < -0.3 is 10.4 Å². The van der Waals surface area contributed by atoms with Crippen LogP contribution >= 0.6 is 11.3 Å². The average Bonchev–Trinajstić information content (AvgIpc) is 2.53. The summed E-state index contributed by atoms with van der Waals surface area (Å²) in [6, 6.07) is 12.8. The number of nitriles is 1. The van der Waals surface area contributed by atoms with Crippen molar-refractivity contribution in [3.05, 3.63) is 52.2 Å². The Morgan fingerprint density at radius 2 is 2.00 bits per heavy atom. The van der Waals surface area contributed by atoms with Crippen molar-refractivity contribution in [3.63, 3.8) is 0 Å². The van der Waals surface area contributed by atoms with E-state index in [0.29, 0.717) is 22.9 Å². The summed E-state index contributed by atoms with van der Waals surface area (Å²) < 4.78 is 1.71. The molecule has 2 aromatic carbocycles. The highest BCUT2D eigenvalue weighted by molar-refractivity contribution is 7.24. The SMILES string of the molecule is N#Cc1ccc2c(=O)c3cc(NCCO)ccc3sc2c1. The number of hydrogen-bond donors (Lipinski definition) is 2. The molecule has 3 rings (SSSR count). The maximum Gasteiger partial charge on any atom is 0.195 e. The van der Waals surface area contributed by atoms with Crippen LogP contribution in [0.4, 0.5) is 5.69 Å². The normalized spacial score (nSPS) is 10.7. The molecule has 4 nitrogen and oxygen atoms in total. The Labute approximate surface area is 124 Å². The quantitative estimate of drug-likeness (QED) is 0.729. The molecule has 0 saturated carbocycles. The second-order valence-electron chi connectivity index (χ2n) is 4.62. The summed E-state index contributed by atoms with van der Waals surface area (Å²) in [5.74, 6) is 0. The number of hydrogen-bond acceptors (Lipinski definition) is 5. The van der Waals surface area contributed by atoms with Crippen LogP contribution in [0.5, 0.6) is 0 Å². The van der Waals surface area contributed by atoms with Crippen LogP contribution in [0.25, 0.3) is 20.2 Å². The van der Waals surface area contributed by atoms with Crippen molar-refractivity contribution in [2.24, 2.45) is 0 Å². The molecule has 0 bridgehead atoms. The van der Waals surface area contributed by atoms with Gasteiger partial charge in [0.15, 0.2) is 5.43 Å². The van der Waals surface area contributed by atoms with Crippen LogP contribution in [0.15, 0.2) is 41.2 Å². The van der Waals surface area contributed by atoms with E-state index in [1.165, 1.54) is 11.3 Å². The fourth-order valence-corrected chi connectivity index (χ4v) is 3.33. The zero-order valence-corrected chi connectivity index (χ0v) is 11.9. The molecular weight excluding hydrogens is 284 g/mol.